The molecule has 49 heavy (non-hydrogen) atoms. The van der Waals surface area contributed by atoms with Crippen molar-refractivity contribution < 1.29 is 19.0 Å². The largest absolute Gasteiger partial charge is 0.481 e. The number of fused-ring (bicyclic) bond motifs is 1. The highest BCUT2D eigenvalue weighted by Crippen LogP contribution is 2.42. The number of nitrogens with one attached hydrogen (secondary N) is 3. The van der Waals surface area contributed by atoms with Gasteiger partial charge in [0.05, 0.1) is 34.5 Å². The van der Waals surface area contributed by atoms with E-state index in [-0.39, 0.29) is 42.0 Å². The van der Waals surface area contributed by atoms with E-state index in [4.69, 9.17) is 27.9 Å². The third-order valence-electron chi connectivity index (χ3n) is 8.41. The molecule has 0 unspecified atom stereocenters. The summed E-state index contributed by atoms with van der Waals surface area (Å²) in [7, 11) is 1.43. The van der Waals surface area contributed by atoms with Gasteiger partial charge in [0, 0.05) is 84.9 Å². The summed E-state index contributed by atoms with van der Waals surface area (Å²) in [6.45, 7) is 2.99. The number of carbonyl (C=O) groups is 1. The van der Waals surface area contributed by atoms with Crippen molar-refractivity contribution in [3.8, 4) is 39.4 Å². The normalized spacial score (nSPS) is 15.1. The molecule has 0 spiro atoms. The molecule has 1 aliphatic rings. The summed E-state index contributed by atoms with van der Waals surface area (Å²) in [5, 5.41) is 19.4. The smallest absolute Gasteiger partial charge is 0.262 e. The van der Waals surface area contributed by atoms with Gasteiger partial charge < -0.3 is 25.8 Å². The van der Waals surface area contributed by atoms with Crippen LogP contribution in [0.2, 0.25) is 10.0 Å². The van der Waals surface area contributed by atoms with Crippen LogP contribution in [0.4, 0.5) is 4.39 Å². The Kier molecular flexibility index (Phi) is 10.6. The SMILES string of the molecule is COc1nc(-c2cccc(-c3cccc(-c4ccn5c(=O)c(CNC[C@@H](C)O)cnc5c4)c3Cl)c2Cl)cc(F)c1CNC[C@H]1CCC(=O)N1. The van der Waals surface area contributed by atoms with E-state index in [1.807, 2.05) is 24.3 Å². The molecule has 13 heteroatoms. The maximum Gasteiger partial charge on any atom is 0.262 e. The molecular weight excluding hydrogens is 670 g/mol. The van der Waals surface area contributed by atoms with Gasteiger partial charge in [0.25, 0.3) is 5.56 Å². The summed E-state index contributed by atoms with van der Waals surface area (Å²) in [4.78, 5) is 33.6. The van der Waals surface area contributed by atoms with E-state index in [9.17, 15) is 14.7 Å². The first-order valence-electron chi connectivity index (χ1n) is 15.8. The Morgan fingerprint density at radius 2 is 1.76 bits per heavy atom. The number of halogens is 3. The molecule has 4 N–H and O–H groups in total. The molecule has 5 aromatic rings. The number of benzene rings is 2. The Bertz CT molecular complexity index is 2090. The van der Waals surface area contributed by atoms with Crippen LogP contribution in [0, 0.1) is 5.82 Å². The molecule has 1 fully saturated rings. The number of rotatable bonds is 12. The molecule has 10 nitrogen and oxygen atoms in total. The first kappa shape index (κ1) is 34.5. The molecule has 2 aromatic carbocycles. The lowest BCUT2D eigenvalue weighted by Gasteiger charge is -2.16. The minimum Gasteiger partial charge on any atom is -0.481 e. The average Bonchev–Trinajstić information content (AvgIpc) is 3.51. The van der Waals surface area contributed by atoms with E-state index in [0.29, 0.717) is 68.7 Å². The van der Waals surface area contributed by atoms with Crippen LogP contribution < -0.4 is 26.2 Å². The number of ether oxygens (including phenoxy) is 1. The van der Waals surface area contributed by atoms with Gasteiger partial charge in [-0.15, -0.1) is 0 Å². The van der Waals surface area contributed by atoms with Crippen LogP contribution in [0.25, 0.3) is 39.2 Å². The van der Waals surface area contributed by atoms with E-state index < -0.39 is 11.9 Å². The molecule has 254 valence electrons. The van der Waals surface area contributed by atoms with Gasteiger partial charge >= 0.3 is 0 Å². The number of aromatic nitrogens is 3. The molecule has 0 bridgehead atoms. The van der Waals surface area contributed by atoms with Crippen LogP contribution in [-0.4, -0.2) is 57.7 Å². The zero-order valence-electron chi connectivity index (χ0n) is 26.9. The average molecular weight is 706 g/mol. The van der Waals surface area contributed by atoms with Gasteiger partial charge in [-0.3, -0.25) is 14.0 Å². The van der Waals surface area contributed by atoms with Crippen molar-refractivity contribution in [3.05, 3.63) is 104 Å². The Morgan fingerprint density at radius 1 is 1.04 bits per heavy atom. The first-order chi connectivity index (χ1) is 23.6. The zero-order chi connectivity index (χ0) is 34.7. The molecular formula is C36H35Cl2FN6O4. The highest BCUT2D eigenvalue weighted by atomic mass is 35.5. The lowest BCUT2D eigenvalue weighted by molar-refractivity contribution is -0.119. The molecule has 0 saturated carbocycles. The third kappa shape index (κ3) is 7.46. The number of nitrogens with zero attached hydrogens (tertiary/aromatic N) is 3. The van der Waals surface area contributed by atoms with E-state index in [1.54, 1.807) is 37.4 Å². The molecule has 6 rings (SSSR count). The van der Waals surface area contributed by atoms with Gasteiger partial charge in [-0.1, -0.05) is 59.6 Å². The summed E-state index contributed by atoms with van der Waals surface area (Å²) in [6, 6.07) is 15.9. The van der Waals surface area contributed by atoms with Gasteiger partial charge in [-0.2, -0.15) is 0 Å². The molecule has 1 amide bonds. The van der Waals surface area contributed by atoms with Crippen molar-refractivity contribution in [2.45, 2.75) is 45.0 Å². The fraction of sp³-hybridized carbons (Fsp3) is 0.278. The van der Waals surface area contributed by atoms with Crippen molar-refractivity contribution in [1.29, 1.82) is 0 Å². The lowest BCUT2D eigenvalue weighted by atomic mass is 9.97. The van der Waals surface area contributed by atoms with Gasteiger partial charge in [0.2, 0.25) is 11.8 Å². The molecule has 4 heterocycles. The predicted molar refractivity (Wildman–Crippen MR) is 188 cm³/mol. The van der Waals surface area contributed by atoms with E-state index in [1.165, 1.54) is 23.8 Å². The van der Waals surface area contributed by atoms with E-state index in [2.05, 4.69) is 25.9 Å². The Labute approximate surface area is 292 Å². The summed E-state index contributed by atoms with van der Waals surface area (Å²) >= 11 is 14.0. The third-order valence-corrected chi connectivity index (χ3v) is 9.23. The number of hydrogen-bond acceptors (Lipinski definition) is 8. The number of methoxy groups -OCH3 is 1. The van der Waals surface area contributed by atoms with Gasteiger partial charge in [-0.25, -0.2) is 14.4 Å². The number of hydrogen-bond donors (Lipinski definition) is 4. The minimum atomic E-state index is -0.529. The maximum atomic E-state index is 15.5. The summed E-state index contributed by atoms with van der Waals surface area (Å²) in [5.41, 5.74) is 4.54. The quantitative estimate of drug-likeness (QED) is 0.136. The number of aliphatic hydroxyl groups excluding tert-OH is 1. The second-order valence-electron chi connectivity index (χ2n) is 12.0. The standard InChI is InChI=1S/C36H35Cl2FN6O4/c1-20(46)15-40-16-22-17-42-31-13-21(11-12-45(31)36(22)48)24-5-3-6-25(33(24)37)26-7-4-8-27(34(26)38)30-14-29(39)28(35(44-30)49-2)19-41-18-23-9-10-32(47)43-23/h3-8,11-14,17,20,23,40-41,46H,9-10,15-16,18-19H2,1-2H3,(H,43,47)/t20-,23-/m1/s1. The van der Waals surface area contributed by atoms with Gasteiger partial charge in [-0.05, 0) is 31.0 Å². The van der Waals surface area contributed by atoms with Crippen molar-refractivity contribution in [1.82, 2.24) is 30.3 Å². The lowest BCUT2D eigenvalue weighted by Crippen LogP contribution is -2.35. The Hall–Kier alpha value is -4.39. The van der Waals surface area contributed by atoms with Crippen molar-refractivity contribution in [2.75, 3.05) is 20.2 Å². The van der Waals surface area contributed by atoms with Crippen LogP contribution in [0.3, 0.4) is 0 Å². The van der Waals surface area contributed by atoms with E-state index in [0.717, 1.165) is 12.0 Å². The molecule has 0 radical (unpaired) electrons. The second-order valence-corrected chi connectivity index (χ2v) is 12.7. The topological polar surface area (TPSA) is 130 Å². The monoisotopic (exact) mass is 704 g/mol. The number of aliphatic hydroxyl groups is 1. The number of carbonyl (C=O) groups excluding carboxylic acids is 1. The molecule has 2 atom stereocenters. The van der Waals surface area contributed by atoms with Crippen molar-refractivity contribution >= 4 is 34.8 Å². The summed E-state index contributed by atoms with van der Waals surface area (Å²) in [5.74, 6) is -0.351. The number of pyridine rings is 2. The molecule has 1 aliphatic heterocycles. The molecule has 1 saturated heterocycles. The van der Waals surface area contributed by atoms with E-state index >= 15 is 4.39 Å². The number of amides is 1. The zero-order valence-corrected chi connectivity index (χ0v) is 28.4. The van der Waals surface area contributed by atoms with Crippen molar-refractivity contribution in [3.63, 3.8) is 0 Å². The first-order valence-corrected chi connectivity index (χ1v) is 16.6. The van der Waals surface area contributed by atoms with Crippen LogP contribution in [-0.2, 0) is 17.9 Å². The highest BCUT2D eigenvalue weighted by molar-refractivity contribution is 6.39. The van der Waals surface area contributed by atoms with Gasteiger partial charge in [0.1, 0.15) is 11.5 Å². The highest BCUT2D eigenvalue weighted by Gasteiger charge is 2.22. The fourth-order valence-corrected chi connectivity index (χ4v) is 6.57. The molecule has 0 aliphatic carbocycles. The minimum absolute atomic E-state index is 0.00600. The predicted octanol–water partition coefficient (Wildman–Crippen LogP) is 5.38. The maximum absolute atomic E-state index is 15.5. The summed E-state index contributed by atoms with van der Waals surface area (Å²) in [6.07, 6.45) is 3.89. The Balaban J connectivity index is 1.28. The van der Waals surface area contributed by atoms with Crippen LogP contribution in [0.5, 0.6) is 5.88 Å². The molecule has 3 aromatic heterocycles. The van der Waals surface area contributed by atoms with Crippen LogP contribution in [0.15, 0.2) is 71.8 Å². The van der Waals surface area contributed by atoms with Crippen molar-refractivity contribution in [2.24, 2.45) is 0 Å². The van der Waals surface area contributed by atoms with Crippen LogP contribution >= 0.6 is 23.2 Å². The fourth-order valence-electron chi connectivity index (χ4n) is 5.91. The van der Waals surface area contributed by atoms with Crippen LogP contribution in [0.1, 0.15) is 30.9 Å². The van der Waals surface area contributed by atoms with Gasteiger partial charge in [0.15, 0.2) is 0 Å². The Morgan fingerprint density at radius 3 is 2.45 bits per heavy atom. The second kappa shape index (κ2) is 15.0. The summed E-state index contributed by atoms with van der Waals surface area (Å²) < 4.78 is 22.5.